The second-order valence-corrected chi connectivity index (χ2v) is 7.29. The van der Waals surface area contributed by atoms with Crippen LogP contribution in [0.3, 0.4) is 0 Å². The molecule has 29 heavy (non-hydrogen) atoms. The molecule has 0 spiro atoms. The number of carbonyl (C=O) groups excluding carboxylic acids is 1. The fraction of sp³-hybridized carbons (Fsp3) is 0.0952. The van der Waals surface area contributed by atoms with Crippen molar-refractivity contribution in [1.82, 2.24) is 14.9 Å². The summed E-state index contributed by atoms with van der Waals surface area (Å²) in [4.78, 5) is 12.9. The van der Waals surface area contributed by atoms with Crippen molar-refractivity contribution in [2.24, 2.45) is 0 Å². The molecule has 0 saturated heterocycles. The van der Waals surface area contributed by atoms with Crippen molar-refractivity contribution in [1.29, 1.82) is 0 Å². The Morgan fingerprint density at radius 1 is 1.17 bits per heavy atom. The molecular formula is C21H16Cl2N4O2. The lowest BCUT2D eigenvalue weighted by molar-refractivity contribution is 0.102. The Bertz CT molecular complexity index is 1170. The number of carbonyl (C=O) groups is 1. The third-order valence-electron chi connectivity index (χ3n) is 4.38. The molecule has 0 aliphatic carbocycles. The lowest BCUT2D eigenvalue weighted by Gasteiger charge is -2.05. The van der Waals surface area contributed by atoms with Gasteiger partial charge < -0.3 is 9.84 Å². The smallest absolute Gasteiger partial charge is 0.261 e. The predicted molar refractivity (Wildman–Crippen MR) is 112 cm³/mol. The molecule has 0 atom stereocenters. The van der Waals surface area contributed by atoms with E-state index in [2.05, 4.69) is 15.6 Å². The number of aromatic nitrogens is 3. The van der Waals surface area contributed by atoms with Crippen LogP contribution in [0.1, 0.15) is 21.7 Å². The average molecular weight is 427 g/mol. The number of halogens is 2. The summed E-state index contributed by atoms with van der Waals surface area (Å²) < 4.78 is 6.94. The molecule has 1 amide bonds. The molecule has 1 N–H and O–H groups in total. The number of rotatable bonds is 5. The van der Waals surface area contributed by atoms with Crippen LogP contribution in [0.4, 0.5) is 5.69 Å². The van der Waals surface area contributed by atoms with Gasteiger partial charge in [0.15, 0.2) is 0 Å². The number of nitrogens with one attached hydrogen (secondary N) is 1. The van der Waals surface area contributed by atoms with E-state index in [4.69, 9.17) is 27.7 Å². The Balaban J connectivity index is 1.53. The first kappa shape index (κ1) is 19.2. The maximum absolute atomic E-state index is 12.9. The zero-order chi connectivity index (χ0) is 20.4. The lowest BCUT2D eigenvalue weighted by atomic mass is 10.1. The van der Waals surface area contributed by atoms with Crippen LogP contribution in [-0.4, -0.2) is 20.8 Å². The number of nitrogens with zero attached hydrogens (tertiary/aromatic N) is 3. The molecule has 8 heteroatoms. The highest BCUT2D eigenvalue weighted by Gasteiger charge is 2.22. The second-order valence-electron chi connectivity index (χ2n) is 6.44. The molecule has 146 valence electrons. The highest BCUT2D eigenvalue weighted by Crippen LogP contribution is 2.26. The molecule has 0 aliphatic heterocycles. The minimum absolute atomic E-state index is 0.313. The van der Waals surface area contributed by atoms with Crippen molar-refractivity contribution in [2.45, 2.75) is 13.5 Å². The van der Waals surface area contributed by atoms with E-state index in [0.717, 1.165) is 11.1 Å². The maximum Gasteiger partial charge on any atom is 0.261 e. The van der Waals surface area contributed by atoms with Crippen LogP contribution in [0.5, 0.6) is 0 Å². The summed E-state index contributed by atoms with van der Waals surface area (Å²) in [7, 11) is 0. The van der Waals surface area contributed by atoms with Gasteiger partial charge in [0.2, 0.25) is 0 Å². The standard InChI is InChI=1S/C21H16Cl2N4O2/c1-13-19(20(26-29-13)14-5-3-2-4-6-14)21(28)25-17-10-24-27(12-17)11-15-7-8-16(22)9-18(15)23/h2-10,12H,11H2,1H3,(H,25,28). The van der Waals surface area contributed by atoms with Crippen LogP contribution in [0.25, 0.3) is 11.3 Å². The third kappa shape index (κ3) is 4.18. The van der Waals surface area contributed by atoms with Gasteiger partial charge in [-0.1, -0.05) is 64.8 Å². The zero-order valence-electron chi connectivity index (χ0n) is 15.4. The largest absolute Gasteiger partial charge is 0.360 e. The van der Waals surface area contributed by atoms with Gasteiger partial charge in [-0.25, -0.2) is 0 Å². The first-order valence-electron chi connectivity index (χ1n) is 8.80. The molecule has 6 nitrogen and oxygen atoms in total. The molecule has 4 aromatic rings. The van der Waals surface area contributed by atoms with Gasteiger partial charge in [0.05, 0.1) is 18.4 Å². The topological polar surface area (TPSA) is 73.0 Å². The molecule has 0 aliphatic rings. The molecular weight excluding hydrogens is 411 g/mol. The number of amides is 1. The number of aryl methyl sites for hydroxylation is 1. The van der Waals surface area contributed by atoms with Gasteiger partial charge in [-0.3, -0.25) is 9.48 Å². The first-order valence-corrected chi connectivity index (χ1v) is 9.56. The lowest BCUT2D eigenvalue weighted by Crippen LogP contribution is -2.13. The Labute approximate surface area is 177 Å². The normalized spacial score (nSPS) is 10.9. The van der Waals surface area contributed by atoms with E-state index < -0.39 is 0 Å². The van der Waals surface area contributed by atoms with Crippen molar-refractivity contribution in [2.75, 3.05) is 5.32 Å². The van der Waals surface area contributed by atoms with Gasteiger partial charge in [0.1, 0.15) is 17.0 Å². The van der Waals surface area contributed by atoms with Crippen LogP contribution in [0.2, 0.25) is 10.0 Å². The van der Waals surface area contributed by atoms with Gasteiger partial charge in [0, 0.05) is 21.8 Å². The van der Waals surface area contributed by atoms with E-state index in [-0.39, 0.29) is 5.91 Å². The number of anilines is 1. The second kappa shape index (κ2) is 8.11. The Kier molecular flexibility index (Phi) is 5.38. The fourth-order valence-corrected chi connectivity index (χ4v) is 3.43. The average Bonchev–Trinajstić information content (AvgIpc) is 3.31. The Hall–Kier alpha value is -3.09. The molecule has 2 heterocycles. The predicted octanol–water partition coefficient (Wildman–Crippen LogP) is 5.45. The van der Waals surface area contributed by atoms with Crippen molar-refractivity contribution in [3.05, 3.63) is 87.9 Å². The number of hydrogen-bond acceptors (Lipinski definition) is 4. The van der Waals surface area contributed by atoms with E-state index >= 15 is 0 Å². The fourth-order valence-electron chi connectivity index (χ4n) is 2.97. The van der Waals surface area contributed by atoms with Gasteiger partial charge in [-0.2, -0.15) is 5.10 Å². The summed E-state index contributed by atoms with van der Waals surface area (Å²) in [6.45, 7) is 2.16. The third-order valence-corrected chi connectivity index (χ3v) is 4.96. The van der Waals surface area contributed by atoms with Crippen LogP contribution in [0, 0.1) is 6.92 Å². The van der Waals surface area contributed by atoms with E-state index in [0.29, 0.717) is 39.3 Å². The molecule has 0 radical (unpaired) electrons. The number of hydrogen-bond donors (Lipinski definition) is 1. The maximum atomic E-state index is 12.9. The molecule has 4 rings (SSSR count). The summed E-state index contributed by atoms with van der Waals surface area (Å²) in [5.41, 5.74) is 3.13. The summed E-state index contributed by atoms with van der Waals surface area (Å²) in [5, 5.41) is 12.3. The van der Waals surface area contributed by atoms with Gasteiger partial charge in [0.25, 0.3) is 5.91 Å². The molecule has 2 aromatic carbocycles. The summed E-state index contributed by atoms with van der Waals surface area (Å²) in [5.74, 6) is 0.133. The van der Waals surface area contributed by atoms with E-state index in [1.165, 1.54) is 0 Å². The van der Waals surface area contributed by atoms with Crippen molar-refractivity contribution < 1.29 is 9.32 Å². The van der Waals surface area contributed by atoms with Gasteiger partial charge in [-0.05, 0) is 24.6 Å². The van der Waals surface area contributed by atoms with Crippen LogP contribution >= 0.6 is 23.2 Å². The molecule has 0 bridgehead atoms. The first-order chi connectivity index (χ1) is 14.0. The highest BCUT2D eigenvalue weighted by molar-refractivity contribution is 6.35. The molecule has 0 unspecified atom stereocenters. The highest BCUT2D eigenvalue weighted by atomic mass is 35.5. The summed E-state index contributed by atoms with van der Waals surface area (Å²) in [6.07, 6.45) is 3.31. The van der Waals surface area contributed by atoms with Crippen LogP contribution < -0.4 is 5.32 Å². The minimum Gasteiger partial charge on any atom is -0.360 e. The zero-order valence-corrected chi connectivity index (χ0v) is 16.9. The van der Waals surface area contributed by atoms with E-state index in [1.807, 2.05) is 36.4 Å². The van der Waals surface area contributed by atoms with Gasteiger partial charge >= 0.3 is 0 Å². The monoisotopic (exact) mass is 426 g/mol. The number of benzene rings is 2. The van der Waals surface area contributed by atoms with E-state index in [9.17, 15) is 4.79 Å². The van der Waals surface area contributed by atoms with Gasteiger partial charge in [-0.15, -0.1) is 0 Å². The summed E-state index contributed by atoms with van der Waals surface area (Å²) in [6, 6.07) is 14.7. The molecule has 2 aromatic heterocycles. The van der Waals surface area contributed by atoms with Crippen LogP contribution in [-0.2, 0) is 6.54 Å². The quantitative estimate of drug-likeness (QED) is 0.460. The minimum atomic E-state index is -0.313. The van der Waals surface area contributed by atoms with Crippen molar-refractivity contribution in [3.8, 4) is 11.3 Å². The van der Waals surface area contributed by atoms with Crippen LogP contribution in [0.15, 0.2) is 65.4 Å². The molecule has 0 saturated carbocycles. The Morgan fingerprint density at radius 2 is 1.97 bits per heavy atom. The van der Waals surface area contributed by atoms with Crippen molar-refractivity contribution in [3.63, 3.8) is 0 Å². The SMILES string of the molecule is Cc1onc(-c2ccccc2)c1C(=O)Nc1cnn(Cc2ccc(Cl)cc2Cl)c1. The summed E-state index contributed by atoms with van der Waals surface area (Å²) >= 11 is 12.2. The van der Waals surface area contributed by atoms with E-state index in [1.54, 1.807) is 36.1 Å². The molecule has 0 fully saturated rings. The van der Waals surface area contributed by atoms with Crippen molar-refractivity contribution >= 4 is 34.8 Å². The Morgan fingerprint density at radius 3 is 2.72 bits per heavy atom.